The molecule has 5 nitrogen and oxygen atoms in total. The van der Waals surface area contributed by atoms with Gasteiger partial charge in [0.05, 0.1) is 12.1 Å². The van der Waals surface area contributed by atoms with Crippen LogP contribution in [-0.2, 0) is 8.85 Å². The molecule has 7 heteroatoms. The highest BCUT2D eigenvalue weighted by Crippen LogP contribution is 2.34. The van der Waals surface area contributed by atoms with Crippen molar-refractivity contribution in [3.63, 3.8) is 0 Å². The molecular formula is C35H69N3O2Si2. The van der Waals surface area contributed by atoms with Gasteiger partial charge in [-0.15, -0.1) is 0 Å². The number of nitrogens with one attached hydrogen (secondary N) is 1. The van der Waals surface area contributed by atoms with Crippen LogP contribution >= 0.6 is 0 Å². The van der Waals surface area contributed by atoms with Crippen molar-refractivity contribution in [2.24, 2.45) is 33.7 Å². The minimum atomic E-state index is -1.50. The van der Waals surface area contributed by atoms with Crippen LogP contribution in [0.1, 0.15) is 111 Å². The molecule has 1 saturated heterocycles. The van der Waals surface area contributed by atoms with Crippen LogP contribution in [0.25, 0.3) is 0 Å². The summed E-state index contributed by atoms with van der Waals surface area (Å²) in [7, 11) is -3.00. The van der Waals surface area contributed by atoms with Gasteiger partial charge in [-0.3, -0.25) is 9.98 Å². The maximum atomic E-state index is 6.28. The summed E-state index contributed by atoms with van der Waals surface area (Å²) >= 11 is 0. The molecule has 1 aliphatic heterocycles. The van der Waals surface area contributed by atoms with Crippen molar-refractivity contribution < 1.29 is 8.85 Å². The first kappa shape index (κ1) is 36.1. The summed E-state index contributed by atoms with van der Waals surface area (Å²) in [6.45, 7) is 25.3. The Balaban J connectivity index is 1.81. The average molecular weight is 620 g/mol. The lowest BCUT2D eigenvalue weighted by Crippen LogP contribution is -2.51. The van der Waals surface area contributed by atoms with E-state index in [4.69, 9.17) is 18.8 Å². The predicted octanol–water partition coefficient (Wildman–Crippen LogP) is 9.29. The fourth-order valence-corrected chi connectivity index (χ4v) is 9.12. The van der Waals surface area contributed by atoms with E-state index in [0.717, 1.165) is 38.9 Å². The normalized spacial score (nSPS) is 34.0. The Morgan fingerprint density at radius 2 is 0.905 bits per heavy atom. The first-order chi connectivity index (χ1) is 19.7. The Kier molecular flexibility index (Phi) is 14.5. The fourth-order valence-electron chi connectivity index (χ4n) is 7.60. The molecule has 42 heavy (non-hydrogen) atoms. The molecule has 0 aromatic rings. The van der Waals surface area contributed by atoms with Crippen LogP contribution in [0, 0.1) is 23.7 Å². The smallest absolute Gasteiger partial charge is 0.183 e. The van der Waals surface area contributed by atoms with E-state index in [1.165, 1.54) is 69.2 Å². The lowest BCUT2D eigenvalue weighted by Gasteiger charge is -2.38. The van der Waals surface area contributed by atoms with E-state index in [1.54, 1.807) is 0 Å². The summed E-state index contributed by atoms with van der Waals surface area (Å²) in [4.78, 5) is 11.3. The molecule has 244 valence electrons. The topological polar surface area (TPSA) is 55.2 Å². The van der Waals surface area contributed by atoms with Gasteiger partial charge in [0, 0.05) is 36.7 Å². The maximum Gasteiger partial charge on any atom is 0.183 e. The number of rotatable bonds is 14. The van der Waals surface area contributed by atoms with Gasteiger partial charge in [-0.05, 0) is 134 Å². The second-order valence-electron chi connectivity index (χ2n) is 16.3. The van der Waals surface area contributed by atoms with Crippen LogP contribution in [0.15, 0.2) is 9.98 Å². The first-order valence-corrected chi connectivity index (χ1v) is 24.7. The lowest BCUT2D eigenvalue weighted by atomic mass is 9.78. The lowest BCUT2D eigenvalue weighted by molar-refractivity contribution is 0.250. The number of hydrogen-bond donors (Lipinski definition) is 1. The molecule has 3 aliphatic rings. The summed E-state index contributed by atoms with van der Waals surface area (Å²) in [6.07, 6.45) is 15.9. The molecule has 0 aromatic heterocycles. The van der Waals surface area contributed by atoms with Crippen molar-refractivity contribution in [1.29, 1.82) is 0 Å². The second-order valence-corrected chi connectivity index (χ2v) is 25.4. The van der Waals surface area contributed by atoms with Crippen molar-refractivity contribution in [2.75, 3.05) is 13.2 Å². The molecule has 6 atom stereocenters. The van der Waals surface area contributed by atoms with Crippen molar-refractivity contribution >= 4 is 28.1 Å². The minimum absolute atomic E-state index is 0.363. The standard InChI is InChI=1S/C35H69N3O2Si2/c1-26-16-11-17-27(2)34(26)37-32(22-14-24-39-41(5,6)7)30-20-13-21-31(36-30)33(23-15-25-40-42(8,9)10)38-35-28(3)18-12-19-29(35)4/h26-31,34-36H,11-25H2,1-10H3. The van der Waals surface area contributed by atoms with Crippen molar-refractivity contribution in [2.45, 2.75) is 175 Å². The zero-order chi connectivity index (χ0) is 30.9. The van der Waals surface area contributed by atoms with E-state index >= 15 is 0 Å². The van der Waals surface area contributed by atoms with Crippen molar-refractivity contribution in [3.05, 3.63) is 0 Å². The minimum Gasteiger partial charge on any atom is -0.418 e. The monoisotopic (exact) mass is 619 g/mol. The van der Waals surface area contributed by atoms with Gasteiger partial charge in [0.1, 0.15) is 0 Å². The van der Waals surface area contributed by atoms with Crippen LogP contribution in [0.3, 0.4) is 0 Å². The molecular weight excluding hydrogens is 551 g/mol. The van der Waals surface area contributed by atoms with Crippen LogP contribution in [0.2, 0.25) is 39.3 Å². The molecule has 0 spiro atoms. The van der Waals surface area contributed by atoms with Crippen LogP contribution in [0.4, 0.5) is 0 Å². The van der Waals surface area contributed by atoms with E-state index in [-0.39, 0.29) is 0 Å². The largest absolute Gasteiger partial charge is 0.418 e. The molecule has 1 heterocycles. The summed E-state index contributed by atoms with van der Waals surface area (Å²) in [5.74, 6) is 2.72. The molecule has 0 radical (unpaired) electrons. The number of aliphatic imine (C=N–C) groups is 2. The SMILES string of the molecule is CC1CCCC(C)C1N=C(CCCO[Si](C)(C)C)C1CCCC(C(CCCO[Si](C)(C)C)=NC2C(C)CCCC2C)N1. The Morgan fingerprint density at radius 3 is 1.24 bits per heavy atom. The van der Waals surface area contributed by atoms with Crippen LogP contribution < -0.4 is 5.32 Å². The van der Waals surface area contributed by atoms with Gasteiger partial charge in [-0.25, -0.2) is 0 Å². The number of hydrogen-bond acceptors (Lipinski definition) is 5. The molecule has 0 amide bonds. The zero-order valence-electron chi connectivity index (χ0n) is 29.4. The molecule has 1 N–H and O–H groups in total. The predicted molar refractivity (Wildman–Crippen MR) is 188 cm³/mol. The Morgan fingerprint density at radius 1 is 0.571 bits per heavy atom. The van der Waals surface area contributed by atoms with E-state index in [0.29, 0.717) is 47.8 Å². The van der Waals surface area contributed by atoms with E-state index < -0.39 is 16.6 Å². The number of piperidine rings is 1. The van der Waals surface area contributed by atoms with Gasteiger partial charge in [0.15, 0.2) is 16.6 Å². The highest BCUT2D eigenvalue weighted by atomic mass is 28.4. The summed E-state index contributed by atoms with van der Waals surface area (Å²) < 4.78 is 12.6. The van der Waals surface area contributed by atoms with E-state index in [2.05, 4.69) is 72.3 Å². The van der Waals surface area contributed by atoms with Gasteiger partial charge in [0.2, 0.25) is 0 Å². The van der Waals surface area contributed by atoms with E-state index in [1.807, 2.05) is 0 Å². The Bertz CT molecular complexity index is 777. The summed E-state index contributed by atoms with van der Waals surface area (Å²) in [6, 6.07) is 1.65. The molecule has 2 aliphatic carbocycles. The first-order valence-electron chi connectivity index (χ1n) is 17.9. The van der Waals surface area contributed by atoms with Crippen LogP contribution in [-0.4, -0.2) is 65.4 Å². The van der Waals surface area contributed by atoms with Crippen LogP contribution in [0.5, 0.6) is 0 Å². The van der Waals surface area contributed by atoms with Gasteiger partial charge >= 0.3 is 0 Å². The van der Waals surface area contributed by atoms with Gasteiger partial charge in [0.25, 0.3) is 0 Å². The molecule has 0 aromatic carbocycles. The Labute approximate surface area is 263 Å². The maximum absolute atomic E-state index is 6.28. The fraction of sp³-hybridized carbons (Fsp3) is 0.943. The summed E-state index contributed by atoms with van der Waals surface area (Å²) in [5.41, 5.74) is 2.84. The quantitative estimate of drug-likeness (QED) is 0.120. The molecule has 6 unspecified atom stereocenters. The third kappa shape index (κ3) is 12.2. The van der Waals surface area contributed by atoms with Crippen molar-refractivity contribution in [1.82, 2.24) is 5.32 Å². The van der Waals surface area contributed by atoms with Crippen molar-refractivity contribution in [3.8, 4) is 0 Å². The van der Waals surface area contributed by atoms with E-state index in [9.17, 15) is 0 Å². The highest BCUT2D eigenvalue weighted by molar-refractivity contribution is 6.70. The molecule has 3 rings (SSSR count). The zero-order valence-corrected chi connectivity index (χ0v) is 31.4. The molecule has 2 saturated carbocycles. The highest BCUT2D eigenvalue weighted by Gasteiger charge is 2.33. The molecule has 0 bridgehead atoms. The number of nitrogens with zero attached hydrogens (tertiary/aromatic N) is 2. The molecule has 3 fully saturated rings. The van der Waals surface area contributed by atoms with Gasteiger partial charge < -0.3 is 14.2 Å². The van der Waals surface area contributed by atoms with Gasteiger partial charge in [-0.1, -0.05) is 40.5 Å². The van der Waals surface area contributed by atoms with Gasteiger partial charge in [-0.2, -0.15) is 0 Å². The summed E-state index contributed by atoms with van der Waals surface area (Å²) in [5, 5.41) is 4.18. The third-order valence-corrected chi connectivity index (χ3v) is 12.2. The average Bonchev–Trinajstić information content (AvgIpc) is 2.90. The third-order valence-electron chi connectivity index (χ3n) is 10.0. The Hall–Kier alpha value is -0.346. The second kappa shape index (κ2) is 16.8.